The van der Waals surface area contributed by atoms with Crippen molar-refractivity contribution < 1.29 is 23.9 Å². The van der Waals surface area contributed by atoms with Crippen LogP contribution in [0, 0.1) is 13.8 Å². The van der Waals surface area contributed by atoms with Crippen LogP contribution >= 0.6 is 0 Å². The van der Waals surface area contributed by atoms with Crippen molar-refractivity contribution in [1.82, 2.24) is 9.97 Å². The molecule has 2 aromatic carbocycles. The Morgan fingerprint density at radius 1 is 0.862 bits per heavy atom. The minimum atomic E-state index is -0.636. The monoisotopic (exact) mass is 393 g/mol. The van der Waals surface area contributed by atoms with Crippen LogP contribution in [0.25, 0.3) is 11.0 Å². The molecule has 0 fully saturated rings. The summed E-state index contributed by atoms with van der Waals surface area (Å²) in [4.78, 5) is 44.5. The van der Waals surface area contributed by atoms with Crippen LogP contribution in [0.15, 0.2) is 42.5 Å². The smallest absolute Gasteiger partial charge is 0.338 e. The van der Waals surface area contributed by atoms with E-state index in [2.05, 4.69) is 20.0 Å². The molecule has 1 heterocycles. The Morgan fingerprint density at radius 3 is 2.14 bits per heavy atom. The van der Waals surface area contributed by atoms with Crippen molar-refractivity contribution >= 4 is 34.6 Å². The molecule has 1 N–H and O–H groups in total. The summed E-state index contributed by atoms with van der Waals surface area (Å²) in [5, 5.41) is 2.59. The van der Waals surface area contributed by atoms with Gasteiger partial charge in [0, 0.05) is 5.69 Å². The van der Waals surface area contributed by atoms with Crippen molar-refractivity contribution in [3.8, 4) is 0 Å². The first-order chi connectivity index (χ1) is 13.9. The van der Waals surface area contributed by atoms with Gasteiger partial charge in [-0.1, -0.05) is 0 Å². The first-order valence-electron chi connectivity index (χ1n) is 8.77. The Morgan fingerprint density at radius 2 is 1.48 bits per heavy atom. The van der Waals surface area contributed by atoms with Gasteiger partial charge >= 0.3 is 11.9 Å². The number of carbonyl (C=O) groups excluding carboxylic acids is 3. The lowest BCUT2D eigenvalue weighted by molar-refractivity contribution is -0.119. The fourth-order valence-electron chi connectivity index (χ4n) is 2.58. The van der Waals surface area contributed by atoms with Gasteiger partial charge in [-0.15, -0.1) is 0 Å². The van der Waals surface area contributed by atoms with Crippen molar-refractivity contribution in [3.63, 3.8) is 0 Å². The number of aryl methyl sites for hydroxylation is 2. The number of nitrogens with one attached hydrogen (secondary N) is 1. The van der Waals surface area contributed by atoms with E-state index in [4.69, 9.17) is 4.74 Å². The highest BCUT2D eigenvalue weighted by molar-refractivity contribution is 5.97. The summed E-state index contributed by atoms with van der Waals surface area (Å²) in [5.74, 6) is -1.61. The maximum Gasteiger partial charge on any atom is 0.338 e. The van der Waals surface area contributed by atoms with Crippen molar-refractivity contribution in [2.24, 2.45) is 0 Å². The molecule has 0 unspecified atom stereocenters. The fraction of sp³-hybridized carbons (Fsp3) is 0.190. The standard InChI is InChI=1S/C21H19N3O5/c1-12-13(2)23-18-10-15(6-9-17(18)22-12)21(27)29-11-19(25)24-16-7-4-14(5-8-16)20(26)28-3/h4-10H,11H2,1-3H3,(H,24,25). The predicted octanol–water partition coefficient (Wildman–Crippen LogP) is 2.83. The first kappa shape index (κ1) is 19.9. The van der Waals surface area contributed by atoms with Gasteiger partial charge in [0.05, 0.1) is 40.7 Å². The zero-order valence-corrected chi connectivity index (χ0v) is 16.2. The number of rotatable bonds is 5. The van der Waals surface area contributed by atoms with Gasteiger partial charge in [0.15, 0.2) is 6.61 Å². The zero-order valence-electron chi connectivity index (χ0n) is 16.2. The molecule has 0 saturated heterocycles. The molecule has 3 rings (SSSR count). The van der Waals surface area contributed by atoms with Crippen LogP contribution in [0.4, 0.5) is 5.69 Å². The maximum absolute atomic E-state index is 12.2. The molecule has 0 aliphatic carbocycles. The largest absolute Gasteiger partial charge is 0.465 e. The van der Waals surface area contributed by atoms with E-state index in [1.165, 1.54) is 19.2 Å². The van der Waals surface area contributed by atoms with Gasteiger partial charge in [0.1, 0.15) is 0 Å². The van der Waals surface area contributed by atoms with E-state index in [1.807, 2.05) is 13.8 Å². The average Bonchev–Trinajstić information content (AvgIpc) is 2.72. The van der Waals surface area contributed by atoms with Crippen LogP contribution in [0.3, 0.4) is 0 Å². The third-order valence-electron chi connectivity index (χ3n) is 4.24. The summed E-state index contributed by atoms with van der Waals surface area (Å²) < 4.78 is 9.68. The summed E-state index contributed by atoms with van der Waals surface area (Å²) in [7, 11) is 1.29. The highest BCUT2D eigenvalue weighted by Gasteiger charge is 2.13. The topological polar surface area (TPSA) is 107 Å². The van der Waals surface area contributed by atoms with Gasteiger partial charge in [0.25, 0.3) is 5.91 Å². The number of amides is 1. The number of hydrogen-bond donors (Lipinski definition) is 1. The molecule has 0 spiro atoms. The number of hydrogen-bond acceptors (Lipinski definition) is 7. The molecule has 0 aliphatic rings. The summed E-state index contributed by atoms with van der Waals surface area (Å²) in [6.45, 7) is 3.26. The predicted molar refractivity (Wildman–Crippen MR) is 106 cm³/mol. The summed E-state index contributed by atoms with van der Waals surface area (Å²) >= 11 is 0. The molecule has 3 aromatic rings. The molecule has 0 saturated carbocycles. The van der Waals surface area contributed by atoms with Gasteiger partial charge in [-0.3, -0.25) is 4.79 Å². The van der Waals surface area contributed by atoms with Gasteiger partial charge in [-0.05, 0) is 56.3 Å². The van der Waals surface area contributed by atoms with E-state index in [9.17, 15) is 14.4 Å². The Kier molecular flexibility index (Phi) is 5.82. The second kappa shape index (κ2) is 8.47. The Hall–Kier alpha value is -3.81. The van der Waals surface area contributed by atoms with E-state index >= 15 is 0 Å². The molecule has 148 valence electrons. The number of anilines is 1. The zero-order chi connectivity index (χ0) is 21.0. The van der Waals surface area contributed by atoms with Gasteiger partial charge in [0.2, 0.25) is 0 Å². The highest BCUT2D eigenvalue weighted by Crippen LogP contribution is 2.15. The number of ether oxygens (including phenoxy) is 2. The SMILES string of the molecule is COC(=O)c1ccc(NC(=O)COC(=O)c2ccc3nc(C)c(C)nc3c2)cc1. The highest BCUT2D eigenvalue weighted by atomic mass is 16.5. The number of fused-ring (bicyclic) bond motifs is 1. The lowest BCUT2D eigenvalue weighted by Crippen LogP contribution is -2.21. The minimum Gasteiger partial charge on any atom is -0.465 e. The van der Waals surface area contributed by atoms with Crippen LogP contribution in [-0.4, -0.2) is 41.5 Å². The number of benzene rings is 2. The van der Waals surface area contributed by atoms with Crippen LogP contribution in [0.2, 0.25) is 0 Å². The second-order valence-corrected chi connectivity index (χ2v) is 6.29. The summed E-state index contributed by atoms with van der Waals surface area (Å²) in [5.41, 5.74) is 3.97. The number of methoxy groups -OCH3 is 1. The normalized spacial score (nSPS) is 10.4. The third kappa shape index (κ3) is 4.73. The molecule has 0 aliphatic heterocycles. The molecule has 1 amide bonds. The average molecular weight is 393 g/mol. The van der Waals surface area contributed by atoms with Crippen LogP contribution in [-0.2, 0) is 14.3 Å². The lowest BCUT2D eigenvalue weighted by Gasteiger charge is -2.08. The second-order valence-electron chi connectivity index (χ2n) is 6.29. The summed E-state index contributed by atoms with van der Waals surface area (Å²) in [6, 6.07) is 11.0. The van der Waals surface area contributed by atoms with Gasteiger partial charge < -0.3 is 14.8 Å². The number of aromatic nitrogens is 2. The summed E-state index contributed by atoms with van der Waals surface area (Å²) in [6.07, 6.45) is 0. The van der Waals surface area contributed by atoms with E-state index in [0.717, 1.165) is 11.4 Å². The maximum atomic E-state index is 12.2. The van der Waals surface area contributed by atoms with Crippen molar-refractivity contribution in [3.05, 3.63) is 65.0 Å². The molecule has 0 atom stereocenters. The minimum absolute atomic E-state index is 0.283. The van der Waals surface area contributed by atoms with Crippen LogP contribution in [0.5, 0.6) is 0 Å². The lowest BCUT2D eigenvalue weighted by atomic mass is 10.2. The number of nitrogens with zero attached hydrogens (tertiary/aromatic N) is 2. The molecule has 8 heteroatoms. The molecule has 1 aromatic heterocycles. The fourth-order valence-corrected chi connectivity index (χ4v) is 2.58. The van der Waals surface area contributed by atoms with Gasteiger partial charge in [-0.25, -0.2) is 19.6 Å². The Bertz CT molecular complexity index is 1090. The Balaban J connectivity index is 1.60. The number of esters is 2. The van der Waals surface area contributed by atoms with E-state index in [-0.39, 0.29) is 5.56 Å². The molecule has 0 radical (unpaired) electrons. The number of carbonyl (C=O) groups is 3. The molecule has 8 nitrogen and oxygen atoms in total. The van der Waals surface area contributed by atoms with Crippen LogP contribution < -0.4 is 5.32 Å². The molecule has 29 heavy (non-hydrogen) atoms. The third-order valence-corrected chi connectivity index (χ3v) is 4.24. The van der Waals surface area contributed by atoms with Crippen LogP contribution in [0.1, 0.15) is 32.1 Å². The van der Waals surface area contributed by atoms with E-state index in [1.54, 1.807) is 30.3 Å². The first-order valence-corrected chi connectivity index (χ1v) is 8.77. The van der Waals surface area contributed by atoms with E-state index in [0.29, 0.717) is 22.3 Å². The molecular weight excluding hydrogens is 374 g/mol. The van der Waals surface area contributed by atoms with Crippen molar-refractivity contribution in [1.29, 1.82) is 0 Å². The van der Waals surface area contributed by atoms with Crippen molar-refractivity contribution in [2.75, 3.05) is 19.0 Å². The quantitative estimate of drug-likeness (QED) is 0.664. The van der Waals surface area contributed by atoms with Crippen molar-refractivity contribution in [2.45, 2.75) is 13.8 Å². The molecule has 0 bridgehead atoms. The molecular formula is C21H19N3O5. The Labute approximate surface area is 166 Å². The van der Waals surface area contributed by atoms with Gasteiger partial charge in [-0.2, -0.15) is 0 Å². The van der Waals surface area contributed by atoms with E-state index < -0.39 is 24.5 Å².